The first-order valence-corrected chi connectivity index (χ1v) is 8.19. The summed E-state index contributed by atoms with van der Waals surface area (Å²) < 4.78 is 0. The number of hydrogen-bond acceptors (Lipinski definition) is 2. The van der Waals surface area contributed by atoms with E-state index in [9.17, 15) is 0 Å². The maximum atomic E-state index is 3.70. The van der Waals surface area contributed by atoms with Gasteiger partial charge in [-0.1, -0.05) is 74.5 Å². The van der Waals surface area contributed by atoms with Gasteiger partial charge in [0, 0.05) is 24.7 Å². The third kappa shape index (κ3) is 3.23. The molecular weight excluding hydrogens is 268 g/mol. The molecule has 3 rings (SSSR count). The van der Waals surface area contributed by atoms with E-state index in [0.29, 0.717) is 12.1 Å². The second-order valence-electron chi connectivity index (χ2n) is 6.99. The van der Waals surface area contributed by atoms with Crippen LogP contribution in [-0.2, 0) is 0 Å². The van der Waals surface area contributed by atoms with Crippen molar-refractivity contribution in [2.75, 3.05) is 13.1 Å². The van der Waals surface area contributed by atoms with Crippen LogP contribution < -0.4 is 5.32 Å². The molecule has 2 nitrogen and oxygen atoms in total. The van der Waals surface area contributed by atoms with Gasteiger partial charge in [0.05, 0.1) is 6.04 Å². The first-order valence-electron chi connectivity index (χ1n) is 8.19. The fraction of sp³-hybridized carbons (Fsp3) is 0.400. The average Bonchev–Trinajstić information content (AvgIpc) is 2.47. The summed E-state index contributed by atoms with van der Waals surface area (Å²) in [5, 5.41) is 3.70. The molecule has 116 valence electrons. The Morgan fingerprint density at radius 2 is 1.32 bits per heavy atom. The molecule has 1 fully saturated rings. The number of nitrogens with zero attached hydrogens (tertiary/aromatic N) is 1. The molecule has 1 aliphatic rings. The fourth-order valence-corrected chi connectivity index (χ4v) is 3.71. The van der Waals surface area contributed by atoms with Crippen molar-refractivity contribution >= 4 is 0 Å². The lowest BCUT2D eigenvalue weighted by Gasteiger charge is -2.53. The minimum absolute atomic E-state index is 0.232. The van der Waals surface area contributed by atoms with Gasteiger partial charge < -0.3 is 5.32 Å². The van der Waals surface area contributed by atoms with Crippen molar-refractivity contribution in [3.05, 3.63) is 71.8 Å². The minimum atomic E-state index is 0.232. The summed E-state index contributed by atoms with van der Waals surface area (Å²) in [4.78, 5) is 2.57. The Kier molecular flexibility index (Phi) is 4.32. The smallest absolute Gasteiger partial charge is 0.0603 e. The zero-order valence-corrected chi connectivity index (χ0v) is 13.8. The number of hydrogen-bond donors (Lipinski definition) is 1. The van der Waals surface area contributed by atoms with Crippen molar-refractivity contribution in [1.82, 2.24) is 10.2 Å². The van der Waals surface area contributed by atoms with Crippen LogP contribution in [0.3, 0.4) is 0 Å². The van der Waals surface area contributed by atoms with E-state index in [4.69, 9.17) is 0 Å². The number of nitrogens with one attached hydrogen (secondary N) is 1. The molecule has 0 saturated carbocycles. The Hall–Kier alpha value is -1.64. The summed E-state index contributed by atoms with van der Waals surface area (Å²) in [7, 11) is 0. The average molecular weight is 294 g/mol. The monoisotopic (exact) mass is 294 g/mol. The van der Waals surface area contributed by atoms with Gasteiger partial charge in [-0.15, -0.1) is 0 Å². The predicted molar refractivity (Wildman–Crippen MR) is 93.0 cm³/mol. The van der Waals surface area contributed by atoms with Crippen LogP contribution in [0.25, 0.3) is 0 Å². The Bertz CT molecular complexity index is 546. The zero-order valence-electron chi connectivity index (χ0n) is 13.8. The van der Waals surface area contributed by atoms with Gasteiger partial charge in [-0.05, 0) is 18.1 Å². The first kappa shape index (κ1) is 15.3. The molecule has 0 amide bonds. The van der Waals surface area contributed by atoms with Crippen molar-refractivity contribution in [3.8, 4) is 0 Å². The predicted octanol–water partition coefficient (Wildman–Crippen LogP) is 3.85. The van der Waals surface area contributed by atoms with Gasteiger partial charge in [0.1, 0.15) is 0 Å². The summed E-state index contributed by atoms with van der Waals surface area (Å²) in [6.45, 7) is 8.94. The van der Waals surface area contributed by atoms with Gasteiger partial charge in [-0.3, -0.25) is 4.90 Å². The minimum Gasteiger partial charge on any atom is -0.307 e. The fourth-order valence-electron chi connectivity index (χ4n) is 3.71. The molecule has 1 heterocycles. The number of likely N-dealkylation sites (tertiary alicyclic amines) is 1. The van der Waals surface area contributed by atoms with Crippen molar-refractivity contribution < 1.29 is 0 Å². The summed E-state index contributed by atoms with van der Waals surface area (Å²) in [6, 6.07) is 22.6. The highest BCUT2D eigenvalue weighted by Gasteiger charge is 2.42. The van der Waals surface area contributed by atoms with Crippen molar-refractivity contribution in [2.45, 2.75) is 38.4 Å². The van der Waals surface area contributed by atoms with Gasteiger partial charge >= 0.3 is 0 Å². The number of rotatable bonds is 5. The van der Waals surface area contributed by atoms with E-state index in [1.807, 2.05) is 0 Å². The van der Waals surface area contributed by atoms with Gasteiger partial charge in [0.2, 0.25) is 0 Å². The molecule has 1 saturated heterocycles. The molecule has 0 aromatic heterocycles. The maximum Gasteiger partial charge on any atom is 0.0603 e. The molecule has 1 N–H and O–H groups in total. The van der Waals surface area contributed by atoms with Crippen LogP contribution in [0.15, 0.2) is 60.7 Å². The van der Waals surface area contributed by atoms with Crippen LogP contribution >= 0.6 is 0 Å². The molecule has 0 radical (unpaired) electrons. The Morgan fingerprint density at radius 3 is 1.73 bits per heavy atom. The Labute approximate surface area is 134 Å². The summed E-state index contributed by atoms with van der Waals surface area (Å²) in [5.74, 6) is 0. The number of benzene rings is 2. The van der Waals surface area contributed by atoms with Crippen LogP contribution in [0, 0.1) is 0 Å². The molecule has 2 heteroatoms. The Balaban J connectivity index is 1.83. The van der Waals surface area contributed by atoms with Gasteiger partial charge in [0.15, 0.2) is 0 Å². The Morgan fingerprint density at radius 1 is 0.864 bits per heavy atom. The largest absolute Gasteiger partial charge is 0.307 e. The highest BCUT2D eigenvalue weighted by molar-refractivity contribution is 5.33. The molecule has 1 aliphatic heterocycles. The van der Waals surface area contributed by atoms with Crippen LogP contribution in [-0.4, -0.2) is 29.6 Å². The molecule has 0 bridgehead atoms. The van der Waals surface area contributed by atoms with Crippen LogP contribution in [0.2, 0.25) is 0 Å². The quantitative estimate of drug-likeness (QED) is 0.901. The van der Waals surface area contributed by atoms with Crippen LogP contribution in [0.5, 0.6) is 0 Å². The molecule has 2 aromatic rings. The lowest BCUT2D eigenvalue weighted by Crippen LogP contribution is -2.69. The van der Waals surface area contributed by atoms with Crippen molar-refractivity contribution in [2.24, 2.45) is 0 Å². The van der Waals surface area contributed by atoms with Crippen LogP contribution in [0.1, 0.15) is 37.9 Å². The normalized spacial score (nSPS) is 17.7. The van der Waals surface area contributed by atoms with Gasteiger partial charge in [-0.25, -0.2) is 0 Å². The van der Waals surface area contributed by atoms with E-state index < -0.39 is 0 Å². The molecule has 0 aliphatic carbocycles. The van der Waals surface area contributed by atoms with Gasteiger partial charge in [0.25, 0.3) is 0 Å². The van der Waals surface area contributed by atoms with E-state index in [1.165, 1.54) is 11.1 Å². The topological polar surface area (TPSA) is 15.3 Å². The standard InChI is InChI=1S/C20H26N2/c1-16(2)21-20(3)14-22(15-20)19(17-10-6-4-7-11-17)18-12-8-5-9-13-18/h4-13,16,19,21H,14-15H2,1-3H3. The molecule has 0 spiro atoms. The lowest BCUT2D eigenvalue weighted by molar-refractivity contribution is 0.0236. The highest BCUT2D eigenvalue weighted by Crippen LogP contribution is 2.35. The van der Waals surface area contributed by atoms with Crippen LogP contribution in [0.4, 0.5) is 0 Å². The van der Waals surface area contributed by atoms with E-state index in [0.717, 1.165) is 13.1 Å². The second kappa shape index (κ2) is 6.23. The SMILES string of the molecule is CC(C)NC1(C)CN(C(c2ccccc2)c2ccccc2)C1. The molecule has 0 atom stereocenters. The summed E-state index contributed by atoms with van der Waals surface area (Å²) in [5.41, 5.74) is 2.98. The summed E-state index contributed by atoms with van der Waals surface area (Å²) in [6.07, 6.45) is 0. The van der Waals surface area contributed by atoms with E-state index >= 15 is 0 Å². The van der Waals surface area contributed by atoms with E-state index in [2.05, 4.69) is 91.7 Å². The summed E-state index contributed by atoms with van der Waals surface area (Å²) >= 11 is 0. The highest BCUT2D eigenvalue weighted by atomic mass is 15.3. The first-order chi connectivity index (χ1) is 10.6. The van der Waals surface area contributed by atoms with E-state index in [1.54, 1.807) is 0 Å². The van der Waals surface area contributed by atoms with Gasteiger partial charge in [-0.2, -0.15) is 0 Å². The second-order valence-corrected chi connectivity index (χ2v) is 6.99. The molecule has 2 aromatic carbocycles. The maximum absolute atomic E-state index is 3.70. The molecule has 0 unspecified atom stereocenters. The lowest BCUT2D eigenvalue weighted by atomic mass is 9.85. The van der Waals surface area contributed by atoms with E-state index in [-0.39, 0.29) is 5.54 Å². The molecule has 22 heavy (non-hydrogen) atoms. The third-order valence-corrected chi connectivity index (χ3v) is 4.34. The van der Waals surface area contributed by atoms with Crippen molar-refractivity contribution in [1.29, 1.82) is 0 Å². The van der Waals surface area contributed by atoms with Crippen molar-refractivity contribution in [3.63, 3.8) is 0 Å². The molecular formula is C20H26N2. The zero-order chi connectivity index (χ0) is 15.6. The third-order valence-electron chi connectivity index (χ3n) is 4.34.